The Hall–Kier alpha value is -3.29. The molecule has 3 heterocycles. The number of nitrogens with one attached hydrogen (secondary N) is 1. The van der Waals surface area contributed by atoms with Gasteiger partial charge in [0.2, 0.25) is 0 Å². The second kappa shape index (κ2) is 9.29. The van der Waals surface area contributed by atoms with E-state index in [4.69, 9.17) is 15.2 Å². The van der Waals surface area contributed by atoms with Gasteiger partial charge in [0.1, 0.15) is 23.8 Å². The summed E-state index contributed by atoms with van der Waals surface area (Å²) in [6.45, 7) is 3.33. The molecule has 0 saturated carbocycles. The smallest absolute Gasteiger partial charge is 0.265 e. The Morgan fingerprint density at radius 1 is 1.12 bits per heavy atom. The van der Waals surface area contributed by atoms with Gasteiger partial charge in [-0.3, -0.25) is 4.79 Å². The van der Waals surface area contributed by atoms with E-state index in [0.717, 1.165) is 57.4 Å². The molecule has 170 valence electrons. The first-order chi connectivity index (χ1) is 16.1. The number of hydrogen-bond acceptors (Lipinski definition) is 5. The summed E-state index contributed by atoms with van der Waals surface area (Å²) in [7, 11) is 1.87. The van der Waals surface area contributed by atoms with Crippen LogP contribution >= 0.6 is 11.3 Å². The highest BCUT2D eigenvalue weighted by molar-refractivity contribution is 7.22. The number of thiophene rings is 1. The Morgan fingerprint density at radius 2 is 1.88 bits per heavy atom. The fourth-order valence-electron chi connectivity index (χ4n) is 4.23. The van der Waals surface area contributed by atoms with Gasteiger partial charge in [-0.05, 0) is 60.5 Å². The number of primary amides is 1. The molecule has 0 bridgehead atoms. The van der Waals surface area contributed by atoms with Gasteiger partial charge < -0.3 is 25.1 Å². The molecule has 2 aromatic heterocycles. The topological polar surface area (TPSA) is 78.5 Å². The number of benzene rings is 2. The Morgan fingerprint density at radius 3 is 2.58 bits per heavy atom. The summed E-state index contributed by atoms with van der Waals surface area (Å²) in [5, 5.41) is 3.36. The Labute approximate surface area is 196 Å². The number of aromatic nitrogens is 1. The normalized spacial score (nSPS) is 15.7. The van der Waals surface area contributed by atoms with E-state index in [2.05, 4.69) is 23.5 Å². The van der Waals surface area contributed by atoms with E-state index < -0.39 is 5.91 Å². The minimum atomic E-state index is -0.414. The molecule has 5 rings (SSSR count). The molecule has 1 amide bonds. The molecule has 2 aromatic carbocycles. The van der Waals surface area contributed by atoms with Crippen molar-refractivity contribution in [3.05, 3.63) is 71.9 Å². The van der Waals surface area contributed by atoms with Crippen molar-refractivity contribution >= 4 is 27.5 Å². The minimum absolute atomic E-state index is 0.414. The Bertz CT molecular complexity index is 1270. The zero-order chi connectivity index (χ0) is 22.8. The second-order valence-electron chi connectivity index (χ2n) is 8.40. The maximum atomic E-state index is 11.6. The van der Waals surface area contributed by atoms with Crippen molar-refractivity contribution in [1.82, 2.24) is 9.88 Å². The molecular formula is C26H27N3O3S. The average Bonchev–Trinajstić information content (AvgIpc) is 3.55. The van der Waals surface area contributed by atoms with Crippen LogP contribution in [0.5, 0.6) is 11.5 Å². The van der Waals surface area contributed by atoms with Crippen LogP contribution in [-0.2, 0) is 13.7 Å². The van der Waals surface area contributed by atoms with Crippen molar-refractivity contribution in [2.45, 2.75) is 13.0 Å². The van der Waals surface area contributed by atoms with E-state index in [1.165, 1.54) is 6.42 Å². The number of aryl methyl sites for hydroxylation is 1. The number of carbonyl (C=O) groups is 1. The van der Waals surface area contributed by atoms with Crippen LogP contribution in [0.15, 0.2) is 60.7 Å². The van der Waals surface area contributed by atoms with Gasteiger partial charge in [0, 0.05) is 24.4 Å². The molecule has 33 heavy (non-hydrogen) atoms. The van der Waals surface area contributed by atoms with Gasteiger partial charge in [-0.1, -0.05) is 24.3 Å². The summed E-state index contributed by atoms with van der Waals surface area (Å²) in [6.07, 6.45) is 1.17. The molecule has 1 fully saturated rings. The fraction of sp³-hybridized carbons (Fsp3) is 0.269. The van der Waals surface area contributed by atoms with E-state index in [1.54, 1.807) is 11.3 Å². The molecule has 7 heteroatoms. The maximum absolute atomic E-state index is 11.6. The molecule has 1 saturated heterocycles. The van der Waals surface area contributed by atoms with Gasteiger partial charge >= 0.3 is 0 Å². The number of amides is 1. The number of nitrogens with two attached hydrogens (primary N) is 1. The molecule has 0 unspecified atom stereocenters. The van der Waals surface area contributed by atoms with Crippen LogP contribution in [0.25, 0.3) is 20.7 Å². The summed E-state index contributed by atoms with van der Waals surface area (Å²) < 4.78 is 14.9. The second-order valence-corrected chi connectivity index (χ2v) is 9.48. The van der Waals surface area contributed by atoms with E-state index in [1.807, 2.05) is 54.1 Å². The van der Waals surface area contributed by atoms with Gasteiger partial charge in [-0.25, -0.2) is 0 Å². The average molecular weight is 462 g/mol. The third-order valence-electron chi connectivity index (χ3n) is 6.13. The van der Waals surface area contributed by atoms with Gasteiger partial charge in [0.15, 0.2) is 0 Å². The zero-order valence-corrected chi connectivity index (χ0v) is 19.4. The Kier molecular flexibility index (Phi) is 6.07. The van der Waals surface area contributed by atoms with Crippen molar-refractivity contribution < 1.29 is 14.3 Å². The minimum Gasteiger partial charge on any atom is -0.493 e. The van der Waals surface area contributed by atoms with Gasteiger partial charge in [0.05, 0.1) is 16.8 Å². The predicted molar refractivity (Wildman–Crippen MR) is 132 cm³/mol. The molecule has 0 aliphatic carbocycles. The fourth-order valence-corrected chi connectivity index (χ4v) is 5.42. The molecule has 1 aliphatic heterocycles. The lowest BCUT2D eigenvalue weighted by Crippen LogP contribution is -2.15. The number of hydrogen-bond donors (Lipinski definition) is 2. The van der Waals surface area contributed by atoms with Crippen LogP contribution < -0.4 is 20.5 Å². The standard InChI is InChI=1S/C26H27N3O3S/c1-29-22-12-24(33-25(22)13-23(29)26(27)30)21-5-3-2-4-18(21)16-32-20-8-6-19(7-9-20)31-15-17-10-11-28-14-17/h2-9,12-13,17,28H,10-11,14-16H2,1H3,(H2,27,30)/t17-/m1/s1. The van der Waals surface area contributed by atoms with Crippen LogP contribution in [0, 0.1) is 5.92 Å². The van der Waals surface area contributed by atoms with E-state index in [0.29, 0.717) is 18.2 Å². The highest BCUT2D eigenvalue weighted by atomic mass is 32.1. The molecule has 1 atom stereocenters. The van der Waals surface area contributed by atoms with Crippen LogP contribution in [-0.4, -0.2) is 30.2 Å². The highest BCUT2D eigenvalue weighted by Crippen LogP contribution is 2.37. The third-order valence-corrected chi connectivity index (χ3v) is 7.24. The van der Waals surface area contributed by atoms with Crippen molar-refractivity contribution in [2.75, 3.05) is 19.7 Å². The largest absolute Gasteiger partial charge is 0.493 e. The lowest BCUT2D eigenvalue weighted by atomic mass is 10.1. The summed E-state index contributed by atoms with van der Waals surface area (Å²) >= 11 is 1.65. The molecule has 6 nitrogen and oxygen atoms in total. The first-order valence-electron chi connectivity index (χ1n) is 11.1. The predicted octanol–water partition coefficient (Wildman–Crippen LogP) is 4.57. The lowest BCUT2D eigenvalue weighted by molar-refractivity contribution is 0.0993. The van der Waals surface area contributed by atoms with E-state index in [9.17, 15) is 4.79 Å². The van der Waals surface area contributed by atoms with Crippen LogP contribution in [0.1, 0.15) is 22.5 Å². The quantitative estimate of drug-likeness (QED) is 0.403. The van der Waals surface area contributed by atoms with Gasteiger partial charge in [0.25, 0.3) is 5.91 Å². The summed E-state index contributed by atoms with van der Waals surface area (Å²) in [6, 6.07) is 20.0. The maximum Gasteiger partial charge on any atom is 0.265 e. The van der Waals surface area contributed by atoms with Gasteiger partial charge in [-0.2, -0.15) is 0 Å². The first-order valence-corrected chi connectivity index (χ1v) is 11.9. The van der Waals surface area contributed by atoms with Crippen molar-refractivity contribution in [3.63, 3.8) is 0 Å². The molecule has 1 aliphatic rings. The third kappa shape index (κ3) is 4.60. The van der Waals surface area contributed by atoms with Crippen molar-refractivity contribution in [3.8, 4) is 21.9 Å². The molecule has 4 aromatic rings. The zero-order valence-electron chi connectivity index (χ0n) is 18.5. The van der Waals surface area contributed by atoms with Crippen LogP contribution in [0.3, 0.4) is 0 Å². The SMILES string of the molecule is Cn1c(C(N)=O)cc2sc(-c3ccccc3COc3ccc(OC[C@@H]4CCNC4)cc3)cc21. The molecule has 0 radical (unpaired) electrons. The van der Waals surface area contributed by atoms with E-state index >= 15 is 0 Å². The lowest BCUT2D eigenvalue weighted by Gasteiger charge is -2.12. The number of rotatable bonds is 8. The number of fused-ring (bicyclic) bond motifs is 1. The molecule has 0 spiro atoms. The monoisotopic (exact) mass is 461 g/mol. The van der Waals surface area contributed by atoms with Crippen molar-refractivity contribution in [1.29, 1.82) is 0 Å². The number of carbonyl (C=O) groups excluding carboxylic acids is 1. The van der Waals surface area contributed by atoms with Crippen LogP contribution in [0.2, 0.25) is 0 Å². The number of ether oxygens (including phenoxy) is 2. The first kappa shape index (κ1) is 21.6. The molecule has 3 N–H and O–H groups in total. The van der Waals surface area contributed by atoms with E-state index in [-0.39, 0.29) is 0 Å². The highest BCUT2D eigenvalue weighted by Gasteiger charge is 2.16. The summed E-state index contributed by atoms with van der Waals surface area (Å²) in [5.41, 5.74) is 9.24. The van der Waals surface area contributed by atoms with Crippen LogP contribution in [0.4, 0.5) is 0 Å². The number of nitrogens with zero attached hydrogens (tertiary/aromatic N) is 1. The van der Waals surface area contributed by atoms with Crippen molar-refractivity contribution in [2.24, 2.45) is 18.7 Å². The molecular weight excluding hydrogens is 434 g/mol. The Balaban J connectivity index is 1.27. The van der Waals surface area contributed by atoms with Gasteiger partial charge in [-0.15, -0.1) is 11.3 Å². The summed E-state index contributed by atoms with van der Waals surface area (Å²) in [4.78, 5) is 12.8. The summed E-state index contributed by atoms with van der Waals surface area (Å²) in [5.74, 6) is 1.86.